The Balaban J connectivity index is 0. The molecule has 0 spiro atoms. The van der Waals surface area contributed by atoms with Crippen LogP contribution in [-0.4, -0.2) is 0 Å². The first-order chi connectivity index (χ1) is 1.41. The fourth-order valence-electron chi connectivity index (χ4n) is 0. The zero-order valence-corrected chi connectivity index (χ0v) is 3.88. The molecule has 4 heavy (non-hydrogen) atoms. The zero-order chi connectivity index (χ0) is 2.71. The van der Waals surface area contributed by atoms with Crippen molar-refractivity contribution in [3.8, 4) is 0 Å². The molecule has 0 heterocycles. The molecular weight excluding hydrogens is 115 g/mol. The van der Waals surface area contributed by atoms with Gasteiger partial charge in [-0.15, -0.1) is 0 Å². The van der Waals surface area contributed by atoms with Crippen LogP contribution in [0, 0.1) is 0 Å². The van der Waals surface area contributed by atoms with Crippen molar-refractivity contribution >= 4 is 11.6 Å². The van der Waals surface area contributed by atoms with Gasteiger partial charge in [0.1, 0.15) is 0 Å². The summed E-state index contributed by atoms with van der Waals surface area (Å²) in [4.78, 5) is 0. The van der Waals surface area contributed by atoms with Gasteiger partial charge in [0.15, 0.2) is 0 Å². The fraction of sp³-hybridized carbons (Fsp3) is 0. The first-order valence-corrected chi connectivity index (χ1v) is 1.06. The molecule has 0 aromatic carbocycles. The van der Waals surface area contributed by atoms with E-state index in [1.165, 1.54) is 5.54 Å². The van der Waals surface area contributed by atoms with E-state index >= 15 is 0 Å². The van der Waals surface area contributed by atoms with Gasteiger partial charge in [-0.25, -0.2) is 0 Å². The van der Waals surface area contributed by atoms with Gasteiger partial charge in [-0.3, -0.25) is 0 Å². The first kappa shape index (κ1) is 8.82. The maximum absolute atomic E-state index is 4.76. The second-order valence-corrected chi connectivity index (χ2v) is 0.463. The molecule has 0 nitrogen and oxygen atoms in total. The molecular formula is C2H3ClFe. The largest absolute Gasteiger partial charge is 0.0936 e. The molecule has 0 fully saturated rings. The van der Waals surface area contributed by atoms with E-state index in [1.807, 2.05) is 0 Å². The molecule has 0 radical (unpaired) electrons. The molecule has 2 heteroatoms. The Labute approximate surface area is 41.3 Å². The number of hydrogen-bond donors (Lipinski definition) is 0. The van der Waals surface area contributed by atoms with Gasteiger partial charge in [0.05, 0.1) is 0 Å². The smallest absolute Gasteiger partial charge is 0 e. The Morgan fingerprint density at radius 2 is 1.75 bits per heavy atom. The Kier molecular flexibility index (Phi) is 21.2. The van der Waals surface area contributed by atoms with Gasteiger partial charge in [0.2, 0.25) is 0 Å². The molecule has 0 saturated heterocycles. The SMILES string of the molecule is C=CCl.[Fe]. The van der Waals surface area contributed by atoms with Gasteiger partial charge < -0.3 is 0 Å². The Morgan fingerprint density at radius 1 is 1.75 bits per heavy atom. The molecule has 0 aliphatic carbocycles. The van der Waals surface area contributed by atoms with Crippen molar-refractivity contribution in [1.82, 2.24) is 0 Å². The summed E-state index contributed by atoms with van der Waals surface area (Å²) in [6.45, 7) is 3.13. The van der Waals surface area contributed by atoms with Crippen LogP contribution in [0.2, 0.25) is 0 Å². The topological polar surface area (TPSA) is 0 Å². The van der Waals surface area contributed by atoms with Crippen LogP contribution in [0.5, 0.6) is 0 Å². The van der Waals surface area contributed by atoms with E-state index < -0.39 is 0 Å². The van der Waals surface area contributed by atoms with Crippen molar-refractivity contribution in [2.24, 2.45) is 0 Å². The average molecular weight is 118 g/mol. The van der Waals surface area contributed by atoms with Crippen LogP contribution in [-0.2, 0) is 17.1 Å². The molecule has 0 aromatic heterocycles. The monoisotopic (exact) mass is 118 g/mol. The van der Waals surface area contributed by atoms with Crippen molar-refractivity contribution in [3.05, 3.63) is 12.1 Å². The summed E-state index contributed by atoms with van der Waals surface area (Å²) in [7, 11) is 0. The van der Waals surface area contributed by atoms with Gasteiger partial charge in [0, 0.05) is 17.1 Å². The van der Waals surface area contributed by atoms with Crippen LogP contribution < -0.4 is 0 Å². The average Bonchev–Trinajstić information content (AvgIpc) is 0.918. The van der Waals surface area contributed by atoms with Crippen molar-refractivity contribution in [2.45, 2.75) is 0 Å². The quantitative estimate of drug-likeness (QED) is 0.421. The maximum Gasteiger partial charge on any atom is 0 e. The maximum atomic E-state index is 4.76. The van der Waals surface area contributed by atoms with Crippen LogP contribution in [0.3, 0.4) is 0 Å². The van der Waals surface area contributed by atoms with Gasteiger partial charge in [-0.2, -0.15) is 0 Å². The van der Waals surface area contributed by atoms with E-state index in [-0.39, 0.29) is 17.1 Å². The Morgan fingerprint density at radius 3 is 1.75 bits per heavy atom. The molecule has 26 valence electrons. The predicted octanol–water partition coefficient (Wildman–Crippen LogP) is 1.37. The van der Waals surface area contributed by atoms with Crippen LogP contribution >= 0.6 is 11.6 Å². The predicted molar refractivity (Wildman–Crippen MR) is 16.1 cm³/mol. The summed E-state index contributed by atoms with van der Waals surface area (Å²) < 4.78 is 0. The minimum Gasteiger partial charge on any atom is -0.0936 e. The molecule has 0 unspecified atom stereocenters. The van der Waals surface area contributed by atoms with Crippen molar-refractivity contribution in [2.75, 3.05) is 0 Å². The van der Waals surface area contributed by atoms with Gasteiger partial charge in [-0.05, 0) is 5.54 Å². The molecule has 0 aliphatic heterocycles. The molecule has 0 atom stereocenters. The van der Waals surface area contributed by atoms with E-state index in [2.05, 4.69) is 6.58 Å². The van der Waals surface area contributed by atoms with Crippen molar-refractivity contribution in [1.29, 1.82) is 0 Å². The van der Waals surface area contributed by atoms with E-state index in [4.69, 9.17) is 11.6 Å². The van der Waals surface area contributed by atoms with E-state index in [0.717, 1.165) is 0 Å². The van der Waals surface area contributed by atoms with Crippen molar-refractivity contribution in [3.63, 3.8) is 0 Å². The van der Waals surface area contributed by atoms with Crippen molar-refractivity contribution < 1.29 is 17.1 Å². The minimum absolute atomic E-state index is 0. The second kappa shape index (κ2) is 9.61. The van der Waals surface area contributed by atoms with Crippen LogP contribution in [0.4, 0.5) is 0 Å². The third kappa shape index (κ3) is 20.3. The fourth-order valence-corrected chi connectivity index (χ4v) is 0. The number of rotatable bonds is 0. The van der Waals surface area contributed by atoms with E-state index in [0.29, 0.717) is 0 Å². The number of hydrogen-bond acceptors (Lipinski definition) is 0. The Hall–Kier alpha value is 0.549. The summed E-state index contributed by atoms with van der Waals surface area (Å²) in [5.41, 5.74) is 1.22. The second-order valence-electron chi connectivity index (χ2n) is 0.154. The third-order valence-electron chi connectivity index (χ3n) is 0. The summed E-state index contributed by atoms with van der Waals surface area (Å²) >= 11 is 4.76. The van der Waals surface area contributed by atoms with Gasteiger partial charge in [0.25, 0.3) is 0 Å². The molecule has 0 N–H and O–H groups in total. The molecule has 0 aromatic rings. The summed E-state index contributed by atoms with van der Waals surface area (Å²) in [5.74, 6) is 0. The normalized spacial score (nSPS) is 3.25. The summed E-state index contributed by atoms with van der Waals surface area (Å²) in [5, 5.41) is 0. The molecule has 0 amide bonds. The van der Waals surface area contributed by atoms with Gasteiger partial charge >= 0.3 is 0 Å². The molecule has 0 aliphatic rings. The molecule has 0 rings (SSSR count). The third-order valence-corrected chi connectivity index (χ3v) is 0. The minimum atomic E-state index is 0. The van der Waals surface area contributed by atoms with Crippen LogP contribution in [0.1, 0.15) is 0 Å². The first-order valence-electron chi connectivity index (χ1n) is 0.626. The van der Waals surface area contributed by atoms with E-state index in [1.54, 1.807) is 0 Å². The summed E-state index contributed by atoms with van der Waals surface area (Å²) in [6.07, 6.45) is 0. The molecule has 0 bridgehead atoms. The Bertz CT molecular complexity index is 13.5. The standard InChI is InChI=1S/C2H3Cl.Fe/c1-2-3;/h2H,1H2;. The van der Waals surface area contributed by atoms with Crippen LogP contribution in [0.25, 0.3) is 0 Å². The molecule has 0 saturated carbocycles. The zero-order valence-electron chi connectivity index (χ0n) is 2.02. The van der Waals surface area contributed by atoms with Gasteiger partial charge in [-0.1, -0.05) is 18.2 Å². The van der Waals surface area contributed by atoms with Crippen LogP contribution in [0.15, 0.2) is 12.1 Å². The summed E-state index contributed by atoms with van der Waals surface area (Å²) in [6, 6.07) is 0. The van der Waals surface area contributed by atoms with E-state index in [9.17, 15) is 0 Å². The number of halogens is 1.